The van der Waals surface area contributed by atoms with E-state index < -0.39 is 5.41 Å². The number of hydrogen-bond donors (Lipinski definition) is 1. The molecule has 0 atom stereocenters. The lowest BCUT2D eigenvalue weighted by atomic mass is 9.61. The number of carbonyl (C=O) groups is 1. The van der Waals surface area contributed by atoms with E-state index in [0.717, 1.165) is 18.5 Å². The summed E-state index contributed by atoms with van der Waals surface area (Å²) in [4.78, 5) is 14.7. The maximum Gasteiger partial charge on any atom is 0.239 e. The van der Waals surface area contributed by atoms with Crippen LogP contribution in [0.4, 0.5) is 5.69 Å². The molecule has 1 fully saturated rings. The molecule has 1 aliphatic rings. The van der Waals surface area contributed by atoms with Crippen LogP contribution < -0.4 is 15.4 Å². The molecule has 5 heteroatoms. The van der Waals surface area contributed by atoms with Gasteiger partial charge in [-0.05, 0) is 30.9 Å². The number of hydrogen-bond acceptors (Lipinski definition) is 3. The minimum Gasteiger partial charge on any atom is -0.495 e. The normalized spacial score (nSPS) is 24.6. The van der Waals surface area contributed by atoms with Crippen LogP contribution in [0.2, 0.25) is 0 Å². The number of carbonyl (C=O) groups excluding carboxylic acids is 1. The lowest BCUT2D eigenvalue weighted by Gasteiger charge is -2.46. The summed E-state index contributed by atoms with van der Waals surface area (Å²) >= 11 is 5.14. The zero-order chi connectivity index (χ0) is 14.9. The van der Waals surface area contributed by atoms with Crippen LogP contribution in [0, 0.1) is 11.3 Å². The van der Waals surface area contributed by atoms with E-state index in [9.17, 15) is 4.79 Å². The number of ether oxygens (including phenoxy) is 1. The van der Waals surface area contributed by atoms with E-state index in [4.69, 9.17) is 22.7 Å². The monoisotopic (exact) mass is 292 g/mol. The van der Waals surface area contributed by atoms with Crippen molar-refractivity contribution in [3.63, 3.8) is 0 Å². The van der Waals surface area contributed by atoms with E-state index in [1.807, 2.05) is 24.3 Å². The number of para-hydroxylation sites is 2. The molecule has 1 amide bonds. The first kappa shape index (κ1) is 14.8. The zero-order valence-corrected chi connectivity index (χ0v) is 12.9. The van der Waals surface area contributed by atoms with Crippen LogP contribution >= 0.6 is 12.2 Å². The second-order valence-electron chi connectivity index (χ2n) is 5.50. The fourth-order valence-electron chi connectivity index (χ4n) is 2.95. The highest BCUT2D eigenvalue weighted by Gasteiger charge is 2.52. The van der Waals surface area contributed by atoms with Gasteiger partial charge in [0.25, 0.3) is 0 Å². The summed E-state index contributed by atoms with van der Waals surface area (Å²) < 4.78 is 5.30. The fourth-order valence-corrected chi connectivity index (χ4v) is 3.20. The molecule has 1 aliphatic carbocycles. The summed E-state index contributed by atoms with van der Waals surface area (Å²) in [6.45, 7) is 2.10. The third-order valence-electron chi connectivity index (χ3n) is 4.03. The highest BCUT2D eigenvalue weighted by molar-refractivity contribution is 7.80. The van der Waals surface area contributed by atoms with Crippen molar-refractivity contribution < 1.29 is 9.53 Å². The molecule has 0 unspecified atom stereocenters. The molecule has 2 rings (SSSR count). The Morgan fingerprint density at radius 1 is 1.45 bits per heavy atom. The predicted molar refractivity (Wildman–Crippen MR) is 84.0 cm³/mol. The SMILES string of the molecule is COc1ccccc1N(C)C(=O)C1(C(N)=S)CC(C)C1. The van der Waals surface area contributed by atoms with Crippen LogP contribution in [0.5, 0.6) is 5.75 Å². The number of benzene rings is 1. The molecule has 0 saturated heterocycles. The molecule has 1 aromatic carbocycles. The molecule has 0 spiro atoms. The van der Waals surface area contributed by atoms with Crippen LogP contribution in [-0.2, 0) is 4.79 Å². The smallest absolute Gasteiger partial charge is 0.239 e. The largest absolute Gasteiger partial charge is 0.495 e. The van der Waals surface area contributed by atoms with Gasteiger partial charge < -0.3 is 15.4 Å². The Hall–Kier alpha value is -1.62. The number of rotatable bonds is 4. The maximum absolute atomic E-state index is 12.8. The highest BCUT2D eigenvalue weighted by atomic mass is 32.1. The van der Waals surface area contributed by atoms with Crippen molar-refractivity contribution in [3.05, 3.63) is 24.3 Å². The van der Waals surface area contributed by atoms with Crippen molar-refractivity contribution in [2.75, 3.05) is 19.1 Å². The molecule has 108 valence electrons. The number of nitrogens with two attached hydrogens (primary N) is 1. The third-order valence-corrected chi connectivity index (χ3v) is 4.42. The van der Waals surface area contributed by atoms with Gasteiger partial charge in [-0.1, -0.05) is 31.3 Å². The van der Waals surface area contributed by atoms with E-state index in [0.29, 0.717) is 16.7 Å². The van der Waals surface area contributed by atoms with Gasteiger partial charge in [0.15, 0.2) is 0 Å². The number of thiocarbonyl (C=S) groups is 1. The Bertz CT molecular complexity index is 538. The van der Waals surface area contributed by atoms with Gasteiger partial charge in [0.05, 0.1) is 23.2 Å². The van der Waals surface area contributed by atoms with Gasteiger partial charge in [0.2, 0.25) is 5.91 Å². The Kier molecular flexibility index (Phi) is 3.99. The van der Waals surface area contributed by atoms with Crippen molar-refractivity contribution in [3.8, 4) is 5.75 Å². The zero-order valence-electron chi connectivity index (χ0n) is 12.1. The van der Waals surface area contributed by atoms with Crippen molar-refractivity contribution in [2.45, 2.75) is 19.8 Å². The molecule has 20 heavy (non-hydrogen) atoms. The van der Waals surface area contributed by atoms with Crippen LogP contribution in [0.3, 0.4) is 0 Å². The lowest BCUT2D eigenvalue weighted by Crippen LogP contribution is -2.56. The number of anilines is 1. The van der Waals surface area contributed by atoms with Crippen molar-refractivity contribution in [1.82, 2.24) is 0 Å². The minimum atomic E-state index is -0.690. The molecule has 0 bridgehead atoms. The fraction of sp³-hybridized carbons (Fsp3) is 0.467. The van der Waals surface area contributed by atoms with E-state index in [1.165, 1.54) is 0 Å². The average Bonchev–Trinajstić information content (AvgIpc) is 2.41. The van der Waals surface area contributed by atoms with Crippen molar-refractivity contribution in [2.24, 2.45) is 17.1 Å². The third kappa shape index (κ3) is 2.26. The molecule has 1 saturated carbocycles. The van der Waals surface area contributed by atoms with E-state index in [1.54, 1.807) is 19.1 Å². The van der Waals surface area contributed by atoms with Gasteiger partial charge in [0, 0.05) is 7.05 Å². The number of nitrogens with zero attached hydrogens (tertiary/aromatic N) is 1. The van der Waals surface area contributed by atoms with E-state index >= 15 is 0 Å². The first-order chi connectivity index (χ1) is 9.42. The summed E-state index contributed by atoms with van der Waals surface area (Å²) in [7, 11) is 3.33. The van der Waals surface area contributed by atoms with Crippen LogP contribution in [0.15, 0.2) is 24.3 Å². The summed E-state index contributed by atoms with van der Waals surface area (Å²) in [5.41, 5.74) is 5.88. The van der Waals surface area contributed by atoms with Crippen molar-refractivity contribution >= 4 is 28.8 Å². The summed E-state index contributed by atoms with van der Waals surface area (Å²) in [6, 6.07) is 7.43. The molecule has 0 aliphatic heterocycles. The maximum atomic E-state index is 12.8. The Balaban J connectivity index is 2.31. The Morgan fingerprint density at radius 3 is 2.55 bits per heavy atom. The standard InChI is InChI=1S/C15H20N2O2S/c1-10-8-15(9-10,13(16)20)14(18)17(2)11-6-4-5-7-12(11)19-3/h4-7,10H,8-9H2,1-3H3,(H2,16,20). The summed E-state index contributed by atoms with van der Waals surface area (Å²) in [5.74, 6) is 1.09. The number of amides is 1. The van der Waals surface area contributed by atoms with Crippen LogP contribution in [0.25, 0.3) is 0 Å². The van der Waals surface area contributed by atoms with E-state index in [2.05, 4.69) is 6.92 Å². The Labute approximate surface area is 124 Å². The van der Waals surface area contributed by atoms with Gasteiger partial charge in [-0.3, -0.25) is 4.79 Å². The van der Waals surface area contributed by atoms with Gasteiger partial charge >= 0.3 is 0 Å². The second-order valence-corrected chi connectivity index (χ2v) is 5.94. The molecule has 1 aromatic rings. The first-order valence-electron chi connectivity index (χ1n) is 6.63. The topological polar surface area (TPSA) is 55.6 Å². The summed E-state index contributed by atoms with van der Waals surface area (Å²) in [6.07, 6.45) is 1.45. The van der Waals surface area contributed by atoms with Gasteiger partial charge in [-0.15, -0.1) is 0 Å². The van der Waals surface area contributed by atoms with Crippen molar-refractivity contribution in [1.29, 1.82) is 0 Å². The lowest BCUT2D eigenvalue weighted by molar-refractivity contribution is -0.129. The first-order valence-corrected chi connectivity index (χ1v) is 7.04. The summed E-state index contributed by atoms with van der Waals surface area (Å²) in [5, 5.41) is 0. The van der Waals surface area contributed by atoms with Gasteiger partial charge in [-0.25, -0.2) is 0 Å². The van der Waals surface area contributed by atoms with Gasteiger partial charge in [-0.2, -0.15) is 0 Å². The van der Waals surface area contributed by atoms with E-state index in [-0.39, 0.29) is 5.91 Å². The quantitative estimate of drug-likeness (QED) is 0.866. The molecular formula is C15H20N2O2S. The average molecular weight is 292 g/mol. The molecule has 0 heterocycles. The Morgan fingerprint density at radius 2 is 2.05 bits per heavy atom. The molecule has 4 nitrogen and oxygen atoms in total. The predicted octanol–water partition coefficient (Wildman–Crippen LogP) is 2.36. The second kappa shape index (κ2) is 5.40. The molecular weight excluding hydrogens is 272 g/mol. The highest BCUT2D eigenvalue weighted by Crippen LogP contribution is 2.47. The van der Waals surface area contributed by atoms with Crippen LogP contribution in [-0.4, -0.2) is 25.1 Å². The molecule has 0 aromatic heterocycles. The number of methoxy groups -OCH3 is 1. The molecule has 2 N–H and O–H groups in total. The molecule has 0 radical (unpaired) electrons. The minimum absolute atomic E-state index is 0.0485. The van der Waals surface area contributed by atoms with Crippen LogP contribution in [0.1, 0.15) is 19.8 Å². The van der Waals surface area contributed by atoms with Gasteiger partial charge in [0.1, 0.15) is 5.75 Å².